The Morgan fingerprint density at radius 1 is 1.20 bits per heavy atom. The lowest BCUT2D eigenvalue weighted by Crippen LogP contribution is -2.47. The predicted octanol–water partition coefficient (Wildman–Crippen LogP) is 3.95. The second-order valence-corrected chi connectivity index (χ2v) is 6.27. The fourth-order valence-corrected chi connectivity index (χ4v) is 3.54. The van der Waals surface area contributed by atoms with Gasteiger partial charge in [-0.05, 0) is 39.5 Å². The largest absolute Gasteiger partial charge is 0.381 e. The average Bonchev–Trinajstić information content (AvgIpc) is 2.47. The molecule has 0 aromatic heterocycles. The van der Waals surface area contributed by atoms with Gasteiger partial charge in [-0.1, -0.05) is 24.3 Å². The maximum Gasteiger partial charge on any atom is 0.139 e. The second-order valence-electron chi connectivity index (χ2n) is 5.42. The first-order valence-corrected chi connectivity index (χ1v) is 7.58. The molecule has 2 aliphatic heterocycles. The van der Waals surface area contributed by atoms with Crippen molar-refractivity contribution in [3.63, 3.8) is 0 Å². The molecule has 1 atom stereocenters. The molecule has 2 aliphatic rings. The first kappa shape index (κ1) is 12.2. The smallest absolute Gasteiger partial charge is 0.139 e. The monoisotopic (exact) mass is 332 g/mol. The van der Waals surface area contributed by atoms with Gasteiger partial charge in [0.25, 0.3) is 0 Å². The van der Waals surface area contributed by atoms with E-state index in [2.05, 4.69) is 50.4 Å². The molecular weight excluding hydrogens is 319 g/mol. The third-order valence-corrected chi connectivity index (χ3v) is 4.84. The Morgan fingerprint density at radius 3 is 2.85 bits per heavy atom. The molecule has 0 saturated heterocycles. The van der Waals surface area contributed by atoms with E-state index in [1.165, 1.54) is 11.1 Å². The highest BCUT2D eigenvalue weighted by atomic mass is 79.9. The van der Waals surface area contributed by atoms with Crippen molar-refractivity contribution in [2.24, 2.45) is 0 Å². The first-order valence-electron chi connectivity index (χ1n) is 6.79. The summed E-state index contributed by atoms with van der Waals surface area (Å²) in [4.78, 5) is 2.32. The Kier molecular flexibility index (Phi) is 2.74. The van der Waals surface area contributed by atoms with Crippen LogP contribution in [0.15, 0.2) is 40.9 Å². The van der Waals surface area contributed by atoms with Crippen LogP contribution >= 0.6 is 15.9 Å². The predicted molar refractivity (Wildman–Crippen MR) is 82.7 cm³/mol. The zero-order valence-corrected chi connectivity index (χ0v) is 12.5. The summed E-state index contributed by atoms with van der Waals surface area (Å²) in [5.74, 6) is -0.204. The van der Waals surface area contributed by atoms with Crippen molar-refractivity contribution in [2.45, 2.75) is 19.0 Å². The Hall–Kier alpha value is -1.55. The number of hydrogen-bond acceptors (Lipinski definition) is 2. The van der Waals surface area contributed by atoms with E-state index >= 15 is 0 Å². The van der Waals surface area contributed by atoms with Crippen LogP contribution in [-0.2, 0) is 13.0 Å². The molecule has 0 aliphatic carbocycles. The molecule has 102 valence electrons. The molecule has 4 rings (SSSR count). The Labute approximate surface area is 125 Å². The van der Waals surface area contributed by atoms with Gasteiger partial charge in [-0.2, -0.15) is 0 Å². The van der Waals surface area contributed by atoms with Crippen LogP contribution in [0.4, 0.5) is 15.8 Å². The van der Waals surface area contributed by atoms with Crippen LogP contribution in [0.3, 0.4) is 0 Å². The van der Waals surface area contributed by atoms with Crippen LogP contribution in [0.1, 0.15) is 11.1 Å². The van der Waals surface area contributed by atoms with Crippen molar-refractivity contribution in [1.29, 1.82) is 0 Å². The van der Waals surface area contributed by atoms with Gasteiger partial charge < -0.3 is 10.2 Å². The minimum absolute atomic E-state index is 0.204. The zero-order valence-electron chi connectivity index (χ0n) is 10.9. The highest BCUT2D eigenvalue weighted by Crippen LogP contribution is 2.39. The fourth-order valence-electron chi connectivity index (χ4n) is 3.20. The molecule has 0 spiro atoms. The number of anilines is 2. The van der Waals surface area contributed by atoms with Crippen LogP contribution in [0.25, 0.3) is 0 Å². The van der Waals surface area contributed by atoms with Crippen LogP contribution in [0, 0.1) is 5.82 Å². The van der Waals surface area contributed by atoms with E-state index in [1.54, 1.807) is 6.07 Å². The summed E-state index contributed by atoms with van der Waals surface area (Å²) >= 11 is 3.25. The van der Waals surface area contributed by atoms with E-state index in [-0.39, 0.29) is 5.82 Å². The van der Waals surface area contributed by atoms with Gasteiger partial charge in [0.1, 0.15) is 5.82 Å². The van der Waals surface area contributed by atoms with E-state index in [0.717, 1.165) is 30.9 Å². The Morgan fingerprint density at radius 2 is 2.00 bits per heavy atom. The summed E-state index contributed by atoms with van der Waals surface area (Å²) in [5.41, 5.74) is 4.74. The molecule has 1 N–H and O–H groups in total. The van der Waals surface area contributed by atoms with Gasteiger partial charge in [0.2, 0.25) is 0 Å². The summed E-state index contributed by atoms with van der Waals surface area (Å²) < 4.78 is 14.4. The van der Waals surface area contributed by atoms with Gasteiger partial charge in [-0.25, -0.2) is 4.39 Å². The minimum atomic E-state index is -0.204. The molecule has 0 radical (unpaired) electrons. The van der Waals surface area contributed by atoms with Crippen molar-refractivity contribution >= 4 is 27.3 Å². The van der Waals surface area contributed by atoms with E-state index in [4.69, 9.17) is 0 Å². The lowest BCUT2D eigenvalue weighted by molar-refractivity contribution is 0.557. The molecule has 2 aromatic carbocycles. The quantitative estimate of drug-likeness (QED) is 0.785. The standard InChI is InChI=1S/C16H14BrFN2/c17-13-6-15-16(7-14(13)18)20-9-11-4-2-1-3-10(11)5-12(20)8-19-15/h1-4,6-7,12,19H,5,8-9H2. The minimum Gasteiger partial charge on any atom is -0.381 e. The molecule has 2 nitrogen and oxygen atoms in total. The molecule has 2 aromatic rings. The van der Waals surface area contributed by atoms with E-state index in [9.17, 15) is 4.39 Å². The van der Waals surface area contributed by atoms with Gasteiger partial charge in [0.05, 0.1) is 21.9 Å². The summed E-state index contributed by atoms with van der Waals surface area (Å²) in [7, 11) is 0. The maximum absolute atomic E-state index is 13.9. The van der Waals surface area contributed by atoms with Crippen LogP contribution in [0.2, 0.25) is 0 Å². The average molecular weight is 333 g/mol. The second kappa shape index (κ2) is 4.48. The van der Waals surface area contributed by atoms with E-state index in [0.29, 0.717) is 10.5 Å². The number of rotatable bonds is 0. The maximum atomic E-state index is 13.9. The van der Waals surface area contributed by atoms with Crippen LogP contribution in [0.5, 0.6) is 0 Å². The molecule has 0 fully saturated rings. The van der Waals surface area contributed by atoms with Gasteiger partial charge in [0.15, 0.2) is 0 Å². The summed E-state index contributed by atoms with van der Waals surface area (Å²) in [6.07, 6.45) is 1.01. The van der Waals surface area contributed by atoms with Gasteiger partial charge in [-0.15, -0.1) is 0 Å². The van der Waals surface area contributed by atoms with Crippen molar-refractivity contribution in [3.05, 3.63) is 57.8 Å². The number of nitrogens with one attached hydrogen (secondary N) is 1. The summed E-state index contributed by atoms with van der Waals surface area (Å²) in [5, 5.41) is 3.42. The van der Waals surface area contributed by atoms with E-state index in [1.807, 2.05) is 6.07 Å². The van der Waals surface area contributed by atoms with Crippen molar-refractivity contribution in [2.75, 3.05) is 16.8 Å². The highest BCUT2D eigenvalue weighted by Gasteiger charge is 2.31. The van der Waals surface area contributed by atoms with Gasteiger partial charge in [-0.3, -0.25) is 0 Å². The lowest BCUT2D eigenvalue weighted by Gasteiger charge is -2.43. The van der Waals surface area contributed by atoms with Crippen LogP contribution in [-0.4, -0.2) is 12.6 Å². The van der Waals surface area contributed by atoms with Crippen molar-refractivity contribution in [3.8, 4) is 0 Å². The zero-order chi connectivity index (χ0) is 13.7. The molecule has 20 heavy (non-hydrogen) atoms. The lowest BCUT2D eigenvalue weighted by atomic mass is 9.92. The summed E-state index contributed by atoms with van der Waals surface area (Å²) in [6, 6.07) is 12.4. The first-order chi connectivity index (χ1) is 9.72. The third-order valence-electron chi connectivity index (χ3n) is 4.23. The van der Waals surface area contributed by atoms with E-state index < -0.39 is 0 Å². The summed E-state index contributed by atoms with van der Waals surface area (Å²) in [6.45, 7) is 1.76. The number of benzene rings is 2. The third kappa shape index (κ3) is 1.82. The van der Waals surface area contributed by atoms with Gasteiger partial charge >= 0.3 is 0 Å². The number of halogens is 2. The number of nitrogens with zero attached hydrogens (tertiary/aromatic N) is 1. The van der Waals surface area contributed by atoms with Crippen molar-refractivity contribution in [1.82, 2.24) is 0 Å². The molecule has 2 heterocycles. The fraction of sp³-hybridized carbons (Fsp3) is 0.250. The Bertz CT molecular complexity index is 686. The molecular formula is C16H14BrFN2. The van der Waals surface area contributed by atoms with Gasteiger partial charge in [0, 0.05) is 19.2 Å². The molecule has 0 saturated carbocycles. The Balaban J connectivity index is 1.80. The molecule has 0 amide bonds. The topological polar surface area (TPSA) is 15.3 Å². The SMILES string of the molecule is Fc1cc2c(cc1Br)NCC1Cc3ccccc3CN21. The van der Waals surface area contributed by atoms with Crippen LogP contribution < -0.4 is 10.2 Å². The molecule has 1 unspecified atom stereocenters. The molecule has 4 heteroatoms. The van der Waals surface area contributed by atoms with Crippen molar-refractivity contribution < 1.29 is 4.39 Å². The normalized spacial score (nSPS) is 19.7. The number of hydrogen-bond donors (Lipinski definition) is 1. The number of fused-ring (bicyclic) bond motifs is 4. The highest BCUT2D eigenvalue weighted by molar-refractivity contribution is 9.10. The molecule has 0 bridgehead atoms.